The van der Waals surface area contributed by atoms with Crippen LogP contribution in [-0.2, 0) is 16.6 Å². The summed E-state index contributed by atoms with van der Waals surface area (Å²) < 4.78 is 28.3. The Hall–Kier alpha value is -0.960. The quantitative estimate of drug-likeness (QED) is 0.823. The van der Waals surface area contributed by atoms with Crippen molar-refractivity contribution in [2.75, 3.05) is 11.8 Å². The molecule has 0 spiro atoms. The minimum absolute atomic E-state index is 0.306. The van der Waals surface area contributed by atoms with Gasteiger partial charge in [-0.2, -0.15) is 0 Å². The molecule has 0 radical (unpaired) electrons. The van der Waals surface area contributed by atoms with Crippen molar-refractivity contribution in [3.05, 3.63) is 38.1 Å². The third kappa shape index (κ3) is 3.82. The fraction of sp³-hybridized carbons (Fsp3) is 0.308. The van der Waals surface area contributed by atoms with Crippen molar-refractivity contribution < 1.29 is 8.42 Å². The van der Waals surface area contributed by atoms with Crippen molar-refractivity contribution in [1.29, 1.82) is 0 Å². The predicted molar refractivity (Wildman–Crippen MR) is 89.3 cm³/mol. The van der Waals surface area contributed by atoms with Crippen molar-refractivity contribution >= 4 is 43.1 Å². The van der Waals surface area contributed by atoms with E-state index in [0.717, 1.165) is 19.9 Å². The van der Waals surface area contributed by atoms with Crippen LogP contribution in [0.3, 0.4) is 0 Å². The summed E-state index contributed by atoms with van der Waals surface area (Å²) in [4.78, 5) is 6.26. The van der Waals surface area contributed by atoms with Gasteiger partial charge >= 0.3 is 0 Å². The topological polar surface area (TPSA) is 71.1 Å². The molecule has 0 saturated heterocycles. The van der Waals surface area contributed by atoms with Gasteiger partial charge in [-0.05, 0) is 55.0 Å². The molecule has 2 aromatic rings. The van der Waals surface area contributed by atoms with Crippen LogP contribution < -0.4 is 10.0 Å². The van der Waals surface area contributed by atoms with Gasteiger partial charge in [0, 0.05) is 20.8 Å². The molecule has 5 nitrogen and oxygen atoms in total. The van der Waals surface area contributed by atoms with Crippen LogP contribution >= 0.6 is 27.3 Å². The Morgan fingerprint density at radius 1 is 1.33 bits per heavy atom. The summed E-state index contributed by atoms with van der Waals surface area (Å²) in [5.74, 6) is 0.316. The van der Waals surface area contributed by atoms with Gasteiger partial charge in [-0.3, -0.25) is 4.72 Å². The molecule has 0 atom stereocenters. The number of thiophene rings is 1. The minimum Gasteiger partial charge on any atom is -0.315 e. The lowest BCUT2D eigenvalue weighted by Crippen LogP contribution is -2.14. The number of aryl methyl sites for hydroxylation is 2. The van der Waals surface area contributed by atoms with E-state index < -0.39 is 10.0 Å². The molecule has 0 unspecified atom stereocenters. The van der Waals surface area contributed by atoms with Crippen molar-refractivity contribution in [1.82, 2.24) is 10.3 Å². The number of aromatic nitrogens is 1. The normalized spacial score (nSPS) is 11.6. The zero-order valence-electron chi connectivity index (χ0n) is 11.9. The number of sulfonamides is 1. The second-order valence-corrected chi connectivity index (χ2v) is 8.38. The average Bonchev–Trinajstić information content (AvgIpc) is 2.76. The molecule has 8 heteroatoms. The van der Waals surface area contributed by atoms with Gasteiger partial charge in [-0.15, -0.1) is 11.3 Å². The summed E-state index contributed by atoms with van der Waals surface area (Å²) in [5.41, 5.74) is 0.730. The lowest BCUT2D eigenvalue weighted by atomic mass is 10.4. The molecule has 21 heavy (non-hydrogen) atoms. The van der Waals surface area contributed by atoms with E-state index in [9.17, 15) is 8.42 Å². The number of nitrogens with zero attached hydrogens (tertiary/aromatic N) is 1. The van der Waals surface area contributed by atoms with Gasteiger partial charge in [0.05, 0.1) is 5.69 Å². The second kappa shape index (κ2) is 6.43. The summed E-state index contributed by atoms with van der Waals surface area (Å²) in [6.45, 7) is 4.26. The number of rotatable bonds is 5. The van der Waals surface area contributed by atoms with E-state index in [0.29, 0.717) is 17.3 Å². The smallest absolute Gasteiger partial charge is 0.264 e. The number of pyridine rings is 1. The van der Waals surface area contributed by atoms with Gasteiger partial charge in [-0.1, -0.05) is 0 Å². The van der Waals surface area contributed by atoms with Gasteiger partial charge in [-0.25, -0.2) is 13.4 Å². The molecule has 2 N–H and O–H groups in total. The van der Waals surface area contributed by atoms with Gasteiger partial charge < -0.3 is 5.32 Å². The standard InChI is InChI=1S/C13H16BrN3O2S2/c1-8-11(14)4-5-13(16-8)17-21(18,19)12-6-10(7-15-3)20-9(12)2/h4-6,15H,7H2,1-3H3,(H,16,17). The fourth-order valence-corrected chi connectivity index (χ4v) is 4.72. The summed E-state index contributed by atoms with van der Waals surface area (Å²) in [6, 6.07) is 5.10. The first-order valence-electron chi connectivity index (χ1n) is 6.23. The summed E-state index contributed by atoms with van der Waals surface area (Å²) in [7, 11) is -1.79. The molecule has 2 heterocycles. The van der Waals surface area contributed by atoms with E-state index in [-0.39, 0.29) is 0 Å². The summed E-state index contributed by atoms with van der Waals surface area (Å²) in [5, 5.41) is 3.02. The molecule has 0 bridgehead atoms. The third-order valence-electron chi connectivity index (χ3n) is 2.82. The van der Waals surface area contributed by atoms with Crippen LogP contribution in [0.1, 0.15) is 15.4 Å². The maximum atomic E-state index is 12.5. The maximum absolute atomic E-state index is 12.5. The Labute approximate surface area is 137 Å². The highest BCUT2D eigenvalue weighted by molar-refractivity contribution is 9.10. The van der Waals surface area contributed by atoms with E-state index in [2.05, 4.69) is 31.0 Å². The highest BCUT2D eigenvalue weighted by Crippen LogP contribution is 2.27. The highest BCUT2D eigenvalue weighted by Gasteiger charge is 2.20. The molecule has 0 saturated carbocycles. The Morgan fingerprint density at radius 3 is 2.67 bits per heavy atom. The number of nitrogens with one attached hydrogen (secondary N) is 2. The highest BCUT2D eigenvalue weighted by atomic mass is 79.9. The van der Waals surface area contributed by atoms with Gasteiger partial charge in [0.1, 0.15) is 10.7 Å². The van der Waals surface area contributed by atoms with Crippen LogP contribution in [0, 0.1) is 13.8 Å². The number of halogens is 1. The Bertz CT molecular complexity index is 757. The molecule has 2 rings (SSSR count). The molecular formula is C13H16BrN3O2S2. The first-order chi connectivity index (χ1) is 9.83. The molecule has 0 fully saturated rings. The fourth-order valence-electron chi connectivity index (χ4n) is 1.85. The van der Waals surface area contributed by atoms with Crippen LogP contribution in [0.15, 0.2) is 27.6 Å². The number of hydrogen-bond donors (Lipinski definition) is 2. The van der Waals surface area contributed by atoms with Crippen LogP contribution in [0.5, 0.6) is 0 Å². The molecule has 0 aliphatic carbocycles. The number of hydrogen-bond acceptors (Lipinski definition) is 5. The van der Waals surface area contributed by atoms with E-state index in [1.165, 1.54) is 11.3 Å². The minimum atomic E-state index is -3.62. The van der Waals surface area contributed by atoms with Crippen molar-refractivity contribution in [2.24, 2.45) is 0 Å². The lowest BCUT2D eigenvalue weighted by molar-refractivity contribution is 0.601. The van der Waals surface area contributed by atoms with Crippen molar-refractivity contribution in [3.8, 4) is 0 Å². The monoisotopic (exact) mass is 389 g/mol. The predicted octanol–water partition coefficient (Wildman–Crippen LogP) is 3.04. The molecule has 0 amide bonds. The molecule has 0 aromatic carbocycles. The first-order valence-corrected chi connectivity index (χ1v) is 9.32. The molecular weight excluding hydrogens is 374 g/mol. The van der Waals surface area contributed by atoms with Gasteiger partial charge in [0.25, 0.3) is 10.0 Å². The zero-order valence-corrected chi connectivity index (χ0v) is 15.1. The van der Waals surface area contributed by atoms with Gasteiger partial charge in [0.2, 0.25) is 0 Å². The molecule has 2 aromatic heterocycles. The average molecular weight is 390 g/mol. The van der Waals surface area contributed by atoms with Gasteiger partial charge in [0.15, 0.2) is 0 Å². The number of anilines is 1. The Balaban J connectivity index is 2.31. The SMILES string of the molecule is CNCc1cc(S(=O)(=O)Nc2ccc(Br)c(C)n2)c(C)s1. The largest absolute Gasteiger partial charge is 0.315 e. The third-order valence-corrected chi connectivity index (χ3v) is 6.32. The van der Waals surface area contributed by atoms with Crippen molar-refractivity contribution in [2.45, 2.75) is 25.3 Å². The zero-order chi connectivity index (χ0) is 15.6. The summed E-state index contributed by atoms with van der Waals surface area (Å²) >= 11 is 4.81. The van der Waals surface area contributed by atoms with E-state index >= 15 is 0 Å². The van der Waals surface area contributed by atoms with Crippen molar-refractivity contribution in [3.63, 3.8) is 0 Å². The molecule has 114 valence electrons. The van der Waals surface area contributed by atoms with E-state index in [4.69, 9.17) is 0 Å². The van der Waals surface area contributed by atoms with Crippen LogP contribution in [-0.4, -0.2) is 20.4 Å². The van der Waals surface area contributed by atoms with Crippen LogP contribution in [0.25, 0.3) is 0 Å². The maximum Gasteiger partial charge on any atom is 0.264 e. The first kappa shape index (κ1) is 16.4. The van der Waals surface area contributed by atoms with E-state index in [1.54, 1.807) is 25.1 Å². The summed E-state index contributed by atoms with van der Waals surface area (Å²) in [6.07, 6.45) is 0. The van der Waals surface area contributed by atoms with Crippen LogP contribution in [0.4, 0.5) is 5.82 Å². The lowest BCUT2D eigenvalue weighted by Gasteiger charge is -2.08. The van der Waals surface area contributed by atoms with Crippen LogP contribution in [0.2, 0.25) is 0 Å². The van der Waals surface area contributed by atoms with E-state index in [1.807, 2.05) is 14.0 Å². The Kier molecular flexibility index (Phi) is 5.03. The second-order valence-electron chi connectivity index (χ2n) is 4.53. The molecule has 0 aliphatic heterocycles. The molecule has 0 aliphatic rings. The Morgan fingerprint density at radius 2 is 2.05 bits per heavy atom.